The number of aliphatic hydroxyl groups is 1. The third-order valence-electron chi connectivity index (χ3n) is 3.60. The molecule has 0 saturated carbocycles. The molecule has 1 fully saturated rings. The van der Waals surface area contributed by atoms with Crippen LogP contribution in [0.25, 0.3) is 0 Å². The largest absolute Gasteiger partial charge is 0.393 e. The van der Waals surface area contributed by atoms with E-state index in [0.29, 0.717) is 12.0 Å². The summed E-state index contributed by atoms with van der Waals surface area (Å²) in [6.07, 6.45) is 4.53. The lowest BCUT2D eigenvalue weighted by Crippen LogP contribution is -2.26. The fourth-order valence-electron chi connectivity index (χ4n) is 2.29. The molecule has 5 heteroatoms. The molecule has 1 aromatic rings. The van der Waals surface area contributed by atoms with Gasteiger partial charge in [-0.2, -0.15) is 0 Å². The molecule has 1 saturated heterocycles. The van der Waals surface area contributed by atoms with Crippen LogP contribution in [-0.4, -0.2) is 40.3 Å². The lowest BCUT2D eigenvalue weighted by molar-refractivity contribution is 0.136. The number of hydrogen-bond donors (Lipinski definition) is 2. The average molecular weight is 264 g/mol. The van der Waals surface area contributed by atoms with Gasteiger partial charge in [0.1, 0.15) is 0 Å². The second kappa shape index (κ2) is 6.30. The topological polar surface area (TPSA) is 61.3 Å². The first-order chi connectivity index (χ1) is 9.06. The summed E-state index contributed by atoms with van der Waals surface area (Å²) in [7, 11) is 0. The molecule has 2 heterocycles. The Bertz CT molecular complexity index is 391. The lowest BCUT2D eigenvalue weighted by atomic mass is 10.0. The van der Waals surface area contributed by atoms with Crippen LogP contribution >= 0.6 is 0 Å². The molecule has 2 rings (SSSR count). The Kier molecular flexibility index (Phi) is 4.71. The highest BCUT2D eigenvalue weighted by Gasteiger charge is 2.27. The van der Waals surface area contributed by atoms with Crippen molar-refractivity contribution in [2.45, 2.75) is 45.9 Å². The molecule has 0 aromatic carbocycles. The third kappa shape index (κ3) is 3.88. The maximum absolute atomic E-state index is 9.61. The molecule has 1 aromatic heterocycles. The molecule has 1 aliphatic heterocycles. The highest BCUT2D eigenvalue weighted by atomic mass is 16.3. The summed E-state index contributed by atoms with van der Waals surface area (Å²) in [5.41, 5.74) is 1.10. The summed E-state index contributed by atoms with van der Waals surface area (Å²) in [6.45, 7) is 8.68. The van der Waals surface area contributed by atoms with Gasteiger partial charge in [-0.25, -0.2) is 9.97 Å². The molecule has 0 radical (unpaired) electrons. The van der Waals surface area contributed by atoms with Gasteiger partial charge in [-0.1, -0.05) is 13.8 Å². The SMILES string of the molecule is CC(C)NCc1cnc(N2CCC(C(C)O)C2)nc1. The van der Waals surface area contributed by atoms with Crippen molar-refractivity contribution < 1.29 is 5.11 Å². The average Bonchev–Trinajstić information content (AvgIpc) is 2.86. The zero-order valence-electron chi connectivity index (χ0n) is 12.0. The molecule has 2 unspecified atom stereocenters. The minimum absolute atomic E-state index is 0.250. The predicted octanol–water partition coefficient (Wildman–Crippen LogP) is 1.18. The maximum Gasteiger partial charge on any atom is 0.225 e. The molecule has 0 aliphatic carbocycles. The standard InChI is InChI=1S/C14H24N4O/c1-10(2)15-6-12-7-16-14(17-8-12)18-5-4-13(9-18)11(3)19/h7-8,10-11,13,15,19H,4-6,9H2,1-3H3. The molecule has 106 valence electrons. The van der Waals surface area contributed by atoms with Crippen LogP contribution in [0.1, 0.15) is 32.8 Å². The van der Waals surface area contributed by atoms with Gasteiger partial charge in [0.25, 0.3) is 0 Å². The van der Waals surface area contributed by atoms with Gasteiger partial charge in [-0.3, -0.25) is 0 Å². The summed E-state index contributed by atoms with van der Waals surface area (Å²) in [5.74, 6) is 1.11. The van der Waals surface area contributed by atoms with Gasteiger partial charge in [-0.15, -0.1) is 0 Å². The minimum Gasteiger partial charge on any atom is -0.393 e. The van der Waals surface area contributed by atoms with Gasteiger partial charge >= 0.3 is 0 Å². The molecular weight excluding hydrogens is 240 g/mol. The van der Waals surface area contributed by atoms with E-state index in [1.807, 2.05) is 19.3 Å². The molecule has 2 N–H and O–H groups in total. The zero-order chi connectivity index (χ0) is 13.8. The van der Waals surface area contributed by atoms with Crippen LogP contribution in [0.15, 0.2) is 12.4 Å². The molecular formula is C14H24N4O. The Balaban J connectivity index is 1.92. The van der Waals surface area contributed by atoms with Crippen molar-refractivity contribution in [3.8, 4) is 0 Å². The van der Waals surface area contributed by atoms with Gasteiger partial charge in [0, 0.05) is 49.6 Å². The number of aromatic nitrogens is 2. The van der Waals surface area contributed by atoms with Gasteiger partial charge in [0.05, 0.1) is 6.10 Å². The smallest absolute Gasteiger partial charge is 0.225 e. The fraction of sp³-hybridized carbons (Fsp3) is 0.714. The second-order valence-corrected chi connectivity index (χ2v) is 5.66. The third-order valence-corrected chi connectivity index (χ3v) is 3.60. The molecule has 1 aliphatic rings. The quantitative estimate of drug-likeness (QED) is 0.836. The highest BCUT2D eigenvalue weighted by molar-refractivity contribution is 5.31. The van der Waals surface area contributed by atoms with Gasteiger partial charge in [-0.05, 0) is 13.3 Å². The maximum atomic E-state index is 9.61. The first kappa shape index (κ1) is 14.2. The number of hydrogen-bond acceptors (Lipinski definition) is 5. The first-order valence-electron chi connectivity index (χ1n) is 7.03. The number of nitrogens with zero attached hydrogens (tertiary/aromatic N) is 3. The van der Waals surface area contributed by atoms with Crippen LogP contribution in [0, 0.1) is 5.92 Å². The van der Waals surface area contributed by atoms with Gasteiger partial charge in [0.15, 0.2) is 0 Å². The Morgan fingerprint density at radius 3 is 2.58 bits per heavy atom. The van der Waals surface area contributed by atoms with E-state index >= 15 is 0 Å². The van der Waals surface area contributed by atoms with Crippen molar-refractivity contribution in [1.82, 2.24) is 15.3 Å². The normalized spacial score (nSPS) is 21.1. The Morgan fingerprint density at radius 1 is 1.37 bits per heavy atom. The first-order valence-corrected chi connectivity index (χ1v) is 7.03. The number of nitrogens with one attached hydrogen (secondary N) is 1. The molecule has 0 bridgehead atoms. The summed E-state index contributed by atoms with van der Waals surface area (Å²) in [5, 5.41) is 13.0. The van der Waals surface area contributed by atoms with Crippen LogP contribution < -0.4 is 10.2 Å². The van der Waals surface area contributed by atoms with Crippen molar-refractivity contribution in [3.05, 3.63) is 18.0 Å². The number of rotatable bonds is 5. The van der Waals surface area contributed by atoms with E-state index in [-0.39, 0.29) is 6.10 Å². The van der Waals surface area contributed by atoms with Crippen molar-refractivity contribution >= 4 is 5.95 Å². The van der Waals surface area contributed by atoms with E-state index in [4.69, 9.17) is 0 Å². The molecule has 0 amide bonds. The van der Waals surface area contributed by atoms with E-state index in [1.54, 1.807) is 0 Å². The Morgan fingerprint density at radius 2 is 2.05 bits per heavy atom. The van der Waals surface area contributed by atoms with E-state index in [0.717, 1.165) is 37.6 Å². The van der Waals surface area contributed by atoms with Gasteiger partial charge in [0.2, 0.25) is 5.95 Å². The summed E-state index contributed by atoms with van der Waals surface area (Å²) < 4.78 is 0. The summed E-state index contributed by atoms with van der Waals surface area (Å²) >= 11 is 0. The van der Waals surface area contributed by atoms with Gasteiger partial charge < -0.3 is 15.3 Å². The highest BCUT2D eigenvalue weighted by Crippen LogP contribution is 2.22. The summed E-state index contributed by atoms with van der Waals surface area (Å²) in [4.78, 5) is 11.0. The van der Waals surface area contributed by atoms with Crippen LogP contribution in [-0.2, 0) is 6.54 Å². The van der Waals surface area contributed by atoms with E-state index in [2.05, 4.69) is 34.0 Å². The minimum atomic E-state index is -0.250. The van der Waals surface area contributed by atoms with E-state index in [9.17, 15) is 5.11 Å². The van der Waals surface area contributed by atoms with Crippen LogP contribution in [0.4, 0.5) is 5.95 Å². The molecule has 5 nitrogen and oxygen atoms in total. The molecule has 0 spiro atoms. The fourth-order valence-corrected chi connectivity index (χ4v) is 2.29. The van der Waals surface area contributed by atoms with Crippen LogP contribution in [0.5, 0.6) is 0 Å². The lowest BCUT2D eigenvalue weighted by Gasteiger charge is -2.17. The summed E-state index contributed by atoms with van der Waals surface area (Å²) in [6, 6.07) is 0.463. The van der Waals surface area contributed by atoms with Crippen molar-refractivity contribution in [3.63, 3.8) is 0 Å². The van der Waals surface area contributed by atoms with Crippen molar-refractivity contribution in [1.29, 1.82) is 0 Å². The monoisotopic (exact) mass is 264 g/mol. The van der Waals surface area contributed by atoms with Crippen LogP contribution in [0.2, 0.25) is 0 Å². The predicted molar refractivity (Wildman–Crippen MR) is 76.0 cm³/mol. The Labute approximate surface area is 115 Å². The number of aliphatic hydroxyl groups excluding tert-OH is 1. The van der Waals surface area contributed by atoms with Crippen molar-refractivity contribution in [2.75, 3.05) is 18.0 Å². The molecule has 19 heavy (non-hydrogen) atoms. The zero-order valence-corrected chi connectivity index (χ0v) is 12.0. The van der Waals surface area contributed by atoms with Crippen molar-refractivity contribution in [2.24, 2.45) is 5.92 Å². The Hall–Kier alpha value is -1.20. The second-order valence-electron chi connectivity index (χ2n) is 5.66. The van der Waals surface area contributed by atoms with E-state index < -0.39 is 0 Å². The van der Waals surface area contributed by atoms with Crippen LogP contribution in [0.3, 0.4) is 0 Å². The van der Waals surface area contributed by atoms with E-state index in [1.165, 1.54) is 0 Å². The molecule has 2 atom stereocenters. The number of anilines is 1.